The molecule has 1 aliphatic rings. The van der Waals surface area contributed by atoms with Crippen LogP contribution >= 0.6 is 0 Å². The monoisotopic (exact) mass is 221 g/mol. The number of aromatic nitrogens is 2. The molecule has 0 aliphatic carbocycles. The topological polar surface area (TPSA) is 21.1 Å². The van der Waals surface area contributed by atoms with Crippen molar-refractivity contribution >= 4 is 0 Å². The van der Waals surface area contributed by atoms with Gasteiger partial charge in [-0.25, -0.2) is 0 Å². The minimum atomic E-state index is 0.584. The maximum absolute atomic E-state index is 4.58. The summed E-state index contributed by atoms with van der Waals surface area (Å²) in [5, 5.41) is 4.58. The summed E-state index contributed by atoms with van der Waals surface area (Å²) in [6, 6.07) is 0. The van der Waals surface area contributed by atoms with E-state index < -0.39 is 0 Å². The van der Waals surface area contributed by atoms with Gasteiger partial charge in [-0.15, -0.1) is 0 Å². The highest BCUT2D eigenvalue weighted by molar-refractivity contribution is 5.19. The molecule has 0 unspecified atom stereocenters. The number of aryl methyl sites for hydroxylation is 1. The van der Waals surface area contributed by atoms with Crippen molar-refractivity contribution in [2.24, 2.45) is 0 Å². The number of nitrogens with zero attached hydrogens (tertiary/aromatic N) is 3. The molecule has 0 N–H and O–H groups in total. The van der Waals surface area contributed by atoms with Crippen LogP contribution in [-0.2, 0) is 6.54 Å². The highest BCUT2D eigenvalue weighted by Gasteiger charge is 2.12. The standard InChI is InChI=1S/C13H23N3/c1-11(2)13-10-16(14-12(13)3)9-8-15-6-4-5-7-15/h10-11H,4-9H2,1-3H3. The normalized spacial score (nSPS) is 17.5. The summed E-state index contributed by atoms with van der Waals surface area (Å²) in [5.74, 6) is 0.584. The van der Waals surface area contributed by atoms with Gasteiger partial charge in [0.1, 0.15) is 0 Å². The van der Waals surface area contributed by atoms with Crippen LogP contribution in [0.3, 0.4) is 0 Å². The first-order chi connectivity index (χ1) is 7.66. The summed E-state index contributed by atoms with van der Waals surface area (Å²) in [6.45, 7) is 11.3. The second-order valence-electron chi connectivity index (χ2n) is 5.14. The molecule has 1 saturated heterocycles. The second-order valence-corrected chi connectivity index (χ2v) is 5.14. The number of hydrogen-bond donors (Lipinski definition) is 0. The fraction of sp³-hybridized carbons (Fsp3) is 0.769. The van der Waals surface area contributed by atoms with Gasteiger partial charge in [0, 0.05) is 12.7 Å². The average Bonchev–Trinajstić information content (AvgIpc) is 2.83. The molecule has 3 heteroatoms. The predicted molar refractivity (Wildman–Crippen MR) is 66.7 cm³/mol. The molecule has 2 rings (SSSR count). The van der Waals surface area contributed by atoms with Crippen LogP contribution in [0.4, 0.5) is 0 Å². The second kappa shape index (κ2) is 5.00. The largest absolute Gasteiger partial charge is 0.301 e. The Morgan fingerprint density at radius 3 is 2.50 bits per heavy atom. The van der Waals surface area contributed by atoms with E-state index in [2.05, 4.69) is 41.6 Å². The van der Waals surface area contributed by atoms with E-state index in [1.165, 1.54) is 37.2 Å². The van der Waals surface area contributed by atoms with E-state index >= 15 is 0 Å². The predicted octanol–water partition coefficient (Wildman–Crippen LogP) is 2.41. The Kier molecular flexibility index (Phi) is 3.64. The van der Waals surface area contributed by atoms with Crippen LogP contribution in [0.1, 0.15) is 43.9 Å². The van der Waals surface area contributed by atoms with E-state index in [1.807, 2.05) is 0 Å². The summed E-state index contributed by atoms with van der Waals surface area (Å²) >= 11 is 0. The first kappa shape index (κ1) is 11.6. The molecule has 2 heterocycles. The van der Waals surface area contributed by atoms with Gasteiger partial charge in [0.25, 0.3) is 0 Å². The first-order valence-electron chi connectivity index (χ1n) is 6.43. The smallest absolute Gasteiger partial charge is 0.0628 e. The Bertz CT molecular complexity index is 335. The summed E-state index contributed by atoms with van der Waals surface area (Å²) in [7, 11) is 0. The molecule has 1 aliphatic heterocycles. The Labute approximate surface area is 98.4 Å². The van der Waals surface area contributed by atoms with Crippen LogP contribution in [0.2, 0.25) is 0 Å². The van der Waals surface area contributed by atoms with Crippen molar-refractivity contribution in [3.8, 4) is 0 Å². The molecule has 1 aromatic rings. The Hall–Kier alpha value is -0.830. The zero-order valence-corrected chi connectivity index (χ0v) is 10.7. The molecular weight excluding hydrogens is 198 g/mol. The van der Waals surface area contributed by atoms with Crippen LogP contribution in [-0.4, -0.2) is 34.3 Å². The van der Waals surface area contributed by atoms with Gasteiger partial charge < -0.3 is 4.90 Å². The van der Waals surface area contributed by atoms with Gasteiger partial charge in [-0.2, -0.15) is 5.10 Å². The van der Waals surface area contributed by atoms with Crippen molar-refractivity contribution in [1.82, 2.24) is 14.7 Å². The van der Waals surface area contributed by atoms with Gasteiger partial charge in [-0.3, -0.25) is 4.68 Å². The minimum Gasteiger partial charge on any atom is -0.301 e. The maximum atomic E-state index is 4.58. The summed E-state index contributed by atoms with van der Waals surface area (Å²) < 4.78 is 2.11. The Balaban J connectivity index is 1.91. The van der Waals surface area contributed by atoms with Gasteiger partial charge in [0.05, 0.1) is 12.2 Å². The number of rotatable bonds is 4. The summed E-state index contributed by atoms with van der Waals surface area (Å²) in [5.41, 5.74) is 2.58. The van der Waals surface area contributed by atoms with E-state index in [-0.39, 0.29) is 0 Å². The van der Waals surface area contributed by atoms with Crippen LogP contribution in [0.25, 0.3) is 0 Å². The van der Waals surface area contributed by atoms with Crippen molar-refractivity contribution in [1.29, 1.82) is 0 Å². The van der Waals surface area contributed by atoms with Crippen LogP contribution in [0, 0.1) is 6.92 Å². The van der Waals surface area contributed by atoms with Crippen LogP contribution in [0.5, 0.6) is 0 Å². The quantitative estimate of drug-likeness (QED) is 0.778. The minimum absolute atomic E-state index is 0.584. The van der Waals surface area contributed by atoms with Crippen molar-refractivity contribution < 1.29 is 0 Å². The molecule has 0 spiro atoms. The fourth-order valence-corrected chi connectivity index (χ4v) is 2.46. The van der Waals surface area contributed by atoms with Crippen molar-refractivity contribution in [3.63, 3.8) is 0 Å². The third kappa shape index (κ3) is 2.64. The van der Waals surface area contributed by atoms with Gasteiger partial charge in [0.2, 0.25) is 0 Å². The lowest BCUT2D eigenvalue weighted by Crippen LogP contribution is -2.24. The molecule has 1 aromatic heterocycles. The Morgan fingerprint density at radius 2 is 1.94 bits per heavy atom. The molecule has 0 bridgehead atoms. The fourth-order valence-electron chi connectivity index (χ4n) is 2.46. The molecule has 0 saturated carbocycles. The van der Waals surface area contributed by atoms with E-state index in [0.29, 0.717) is 5.92 Å². The lowest BCUT2D eigenvalue weighted by molar-refractivity contribution is 0.315. The summed E-state index contributed by atoms with van der Waals surface area (Å²) in [6.07, 6.45) is 4.96. The van der Waals surface area contributed by atoms with Crippen molar-refractivity contribution in [3.05, 3.63) is 17.5 Å². The molecule has 90 valence electrons. The van der Waals surface area contributed by atoms with Gasteiger partial charge >= 0.3 is 0 Å². The molecule has 0 aromatic carbocycles. The zero-order valence-electron chi connectivity index (χ0n) is 10.7. The Morgan fingerprint density at radius 1 is 1.25 bits per heavy atom. The third-order valence-electron chi connectivity index (χ3n) is 3.45. The van der Waals surface area contributed by atoms with Gasteiger partial charge in [-0.05, 0) is 44.3 Å². The van der Waals surface area contributed by atoms with Crippen LogP contribution < -0.4 is 0 Å². The molecular formula is C13H23N3. The maximum Gasteiger partial charge on any atom is 0.0628 e. The third-order valence-corrected chi connectivity index (χ3v) is 3.45. The van der Waals surface area contributed by atoms with Crippen LogP contribution in [0.15, 0.2) is 6.20 Å². The first-order valence-corrected chi connectivity index (χ1v) is 6.43. The van der Waals surface area contributed by atoms with Gasteiger partial charge in [0.15, 0.2) is 0 Å². The average molecular weight is 221 g/mol. The van der Waals surface area contributed by atoms with E-state index in [1.54, 1.807) is 0 Å². The lowest BCUT2D eigenvalue weighted by Gasteiger charge is -2.13. The zero-order chi connectivity index (χ0) is 11.5. The number of likely N-dealkylation sites (tertiary alicyclic amines) is 1. The summed E-state index contributed by atoms with van der Waals surface area (Å²) in [4.78, 5) is 2.53. The molecule has 0 radical (unpaired) electrons. The molecule has 0 atom stereocenters. The van der Waals surface area contributed by atoms with E-state index in [0.717, 1.165) is 13.1 Å². The lowest BCUT2D eigenvalue weighted by atomic mass is 10.1. The highest BCUT2D eigenvalue weighted by Crippen LogP contribution is 2.17. The highest BCUT2D eigenvalue weighted by atomic mass is 15.3. The molecule has 1 fully saturated rings. The van der Waals surface area contributed by atoms with E-state index in [9.17, 15) is 0 Å². The molecule has 16 heavy (non-hydrogen) atoms. The van der Waals surface area contributed by atoms with Gasteiger partial charge in [-0.1, -0.05) is 13.8 Å². The molecule has 0 amide bonds. The van der Waals surface area contributed by atoms with Crippen molar-refractivity contribution in [2.75, 3.05) is 19.6 Å². The molecule has 3 nitrogen and oxygen atoms in total. The van der Waals surface area contributed by atoms with Crippen molar-refractivity contribution in [2.45, 2.75) is 46.1 Å². The SMILES string of the molecule is Cc1nn(CCN2CCCC2)cc1C(C)C. The number of hydrogen-bond acceptors (Lipinski definition) is 2. The van der Waals surface area contributed by atoms with E-state index in [4.69, 9.17) is 0 Å².